The number of hydrogen-bond acceptors (Lipinski definition) is 5. The number of aromatic nitrogens is 4. The van der Waals surface area contributed by atoms with Gasteiger partial charge in [-0.1, -0.05) is 40.2 Å². The summed E-state index contributed by atoms with van der Waals surface area (Å²) in [7, 11) is 0. The van der Waals surface area contributed by atoms with E-state index in [4.69, 9.17) is 4.74 Å². The molecule has 0 aliphatic heterocycles. The van der Waals surface area contributed by atoms with Crippen molar-refractivity contribution >= 4 is 15.9 Å². The standard InChI is InChI=1S/C18H19BrN4O2/c1-12-7-8-13(2)17(9-12)25-11-14(24)10-23-21-18(20-22-23)15-5-3-4-6-16(15)19/h3-9,14,24H,10-11H2,1-2H3. The van der Waals surface area contributed by atoms with Crippen LogP contribution in [0.5, 0.6) is 5.75 Å². The lowest BCUT2D eigenvalue weighted by Gasteiger charge is -2.13. The monoisotopic (exact) mass is 402 g/mol. The molecule has 0 amide bonds. The third-order valence-corrected chi connectivity index (χ3v) is 4.41. The molecule has 0 bridgehead atoms. The van der Waals surface area contributed by atoms with Crippen molar-refractivity contribution in [3.8, 4) is 17.1 Å². The predicted octanol–water partition coefficient (Wildman–Crippen LogP) is 3.16. The number of aryl methyl sites for hydroxylation is 2. The zero-order valence-electron chi connectivity index (χ0n) is 14.1. The van der Waals surface area contributed by atoms with E-state index in [2.05, 4.69) is 31.3 Å². The molecule has 0 saturated heterocycles. The fraction of sp³-hybridized carbons (Fsp3) is 0.278. The number of rotatable bonds is 6. The van der Waals surface area contributed by atoms with Gasteiger partial charge in [-0.2, -0.15) is 4.80 Å². The highest BCUT2D eigenvalue weighted by Crippen LogP contribution is 2.24. The van der Waals surface area contributed by atoms with Crippen LogP contribution in [0.1, 0.15) is 11.1 Å². The summed E-state index contributed by atoms with van der Waals surface area (Å²) in [5.74, 6) is 1.29. The van der Waals surface area contributed by atoms with Gasteiger partial charge in [0.15, 0.2) is 0 Å². The first-order valence-corrected chi connectivity index (χ1v) is 8.73. The quantitative estimate of drug-likeness (QED) is 0.685. The molecule has 3 aromatic rings. The number of tetrazole rings is 1. The molecule has 6 nitrogen and oxygen atoms in total. The molecular formula is C18H19BrN4O2. The molecule has 0 aliphatic carbocycles. The van der Waals surface area contributed by atoms with Crippen LogP contribution in [0.2, 0.25) is 0 Å². The summed E-state index contributed by atoms with van der Waals surface area (Å²) in [6, 6.07) is 13.6. The Morgan fingerprint density at radius 3 is 2.80 bits per heavy atom. The molecule has 130 valence electrons. The number of hydrogen-bond donors (Lipinski definition) is 1. The van der Waals surface area contributed by atoms with Gasteiger partial charge in [0.05, 0.1) is 6.54 Å². The van der Waals surface area contributed by atoms with Crippen molar-refractivity contribution in [2.24, 2.45) is 0 Å². The summed E-state index contributed by atoms with van der Waals surface area (Å²) < 4.78 is 6.61. The summed E-state index contributed by atoms with van der Waals surface area (Å²) >= 11 is 3.47. The lowest BCUT2D eigenvalue weighted by molar-refractivity contribution is 0.0846. The second kappa shape index (κ2) is 7.76. The fourth-order valence-electron chi connectivity index (χ4n) is 2.36. The van der Waals surface area contributed by atoms with Crippen LogP contribution in [-0.2, 0) is 6.54 Å². The van der Waals surface area contributed by atoms with Crippen molar-refractivity contribution in [1.82, 2.24) is 20.2 Å². The van der Waals surface area contributed by atoms with Crippen LogP contribution in [0.4, 0.5) is 0 Å². The van der Waals surface area contributed by atoms with E-state index in [-0.39, 0.29) is 13.2 Å². The van der Waals surface area contributed by atoms with E-state index in [1.807, 2.05) is 56.3 Å². The molecule has 1 N–H and O–H groups in total. The van der Waals surface area contributed by atoms with Crippen LogP contribution in [0.25, 0.3) is 11.4 Å². The Hall–Kier alpha value is -2.25. The minimum atomic E-state index is -0.735. The minimum Gasteiger partial charge on any atom is -0.491 e. The highest BCUT2D eigenvalue weighted by atomic mass is 79.9. The number of aliphatic hydroxyl groups excluding tert-OH is 1. The molecule has 1 unspecified atom stereocenters. The maximum atomic E-state index is 10.2. The molecule has 2 aromatic carbocycles. The molecule has 1 atom stereocenters. The third kappa shape index (κ3) is 4.43. The topological polar surface area (TPSA) is 73.1 Å². The number of ether oxygens (including phenoxy) is 1. The molecule has 25 heavy (non-hydrogen) atoms. The van der Waals surface area contributed by atoms with Crippen molar-refractivity contribution in [3.05, 3.63) is 58.1 Å². The van der Waals surface area contributed by atoms with Gasteiger partial charge in [0.25, 0.3) is 0 Å². The van der Waals surface area contributed by atoms with Crippen LogP contribution in [0.3, 0.4) is 0 Å². The molecule has 0 saturated carbocycles. The highest BCUT2D eigenvalue weighted by molar-refractivity contribution is 9.10. The zero-order chi connectivity index (χ0) is 17.8. The maximum absolute atomic E-state index is 10.2. The Bertz CT molecular complexity index is 866. The van der Waals surface area contributed by atoms with Crippen LogP contribution in [0, 0.1) is 13.8 Å². The Morgan fingerprint density at radius 1 is 1.20 bits per heavy atom. The summed E-state index contributed by atoms with van der Waals surface area (Å²) in [5.41, 5.74) is 3.01. The van der Waals surface area contributed by atoms with E-state index in [0.29, 0.717) is 5.82 Å². The Morgan fingerprint density at radius 2 is 2.00 bits per heavy atom. The van der Waals surface area contributed by atoms with Crippen molar-refractivity contribution in [2.75, 3.05) is 6.61 Å². The van der Waals surface area contributed by atoms with Gasteiger partial charge in [0.1, 0.15) is 18.5 Å². The van der Waals surface area contributed by atoms with E-state index in [0.717, 1.165) is 26.9 Å². The Kier molecular flexibility index (Phi) is 5.45. The normalized spacial score (nSPS) is 12.2. The number of halogens is 1. The molecule has 7 heteroatoms. The summed E-state index contributed by atoms with van der Waals surface area (Å²) in [6.07, 6.45) is -0.735. The van der Waals surface area contributed by atoms with Gasteiger partial charge in [-0.25, -0.2) is 0 Å². The van der Waals surface area contributed by atoms with Crippen molar-refractivity contribution in [2.45, 2.75) is 26.5 Å². The number of nitrogens with zero attached hydrogens (tertiary/aromatic N) is 4. The average Bonchev–Trinajstić information content (AvgIpc) is 3.04. The molecular weight excluding hydrogens is 384 g/mol. The van der Waals surface area contributed by atoms with E-state index < -0.39 is 6.10 Å². The second-order valence-electron chi connectivity index (χ2n) is 5.88. The first-order valence-electron chi connectivity index (χ1n) is 7.94. The maximum Gasteiger partial charge on any atom is 0.206 e. The van der Waals surface area contributed by atoms with E-state index in [1.165, 1.54) is 4.80 Å². The van der Waals surface area contributed by atoms with E-state index >= 15 is 0 Å². The van der Waals surface area contributed by atoms with Gasteiger partial charge in [0, 0.05) is 10.0 Å². The number of benzene rings is 2. The smallest absolute Gasteiger partial charge is 0.206 e. The van der Waals surface area contributed by atoms with Gasteiger partial charge in [-0.15, -0.1) is 10.2 Å². The Labute approximate surface area is 154 Å². The Balaban J connectivity index is 1.61. The van der Waals surface area contributed by atoms with Gasteiger partial charge >= 0.3 is 0 Å². The predicted molar refractivity (Wildman–Crippen MR) is 98.4 cm³/mol. The van der Waals surface area contributed by atoms with Crippen LogP contribution in [0.15, 0.2) is 46.9 Å². The van der Waals surface area contributed by atoms with Crippen LogP contribution < -0.4 is 4.74 Å². The third-order valence-electron chi connectivity index (χ3n) is 3.72. The lowest BCUT2D eigenvalue weighted by Crippen LogP contribution is -2.25. The van der Waals surface area contributed by atoms with Crippen molar-refractivity contribution in [3.63, 3.8) is 0 Å². The molecule has 0 spiro atoms. The van der Waals surface area contributed by atoms with E-state index in [9.17, 15) is 5.11 Å². The zero-order valence-corrected chi connectivity index (χ0v) is 15.6. The van der Waals surface area contributed by atoms with Crippen LogP contribution >= 0.6 is 15.9 Å². The summed E-state index contributed by atoms with van der Waals surface area (Å²) in [4.78, 5) is 1.38. The van der Waals surface area contributed by atoms with E-state index in [1.54, 1.807) is 0 Å². The molecule has 0 aliphatic rings. The second-order valence-corrected chi connectivity index (χ2v) is 6.74. The first-order chi connectivity index (χ1) is 12.0. The van der Waals surface area contributed by atoms with Crippen molar-refractivity contribution < 1.29 is 9.84 Å². The van der Waals surface area contributed by atoms with Crippen molar-refractivity contribution in [1.29, 1.82) is 0 Å². The van der Waals surface area contributed by atoms with Gasteiger partial charge < -0.3 is 9.84 Å². The van der Waals surface area contributed by atoms with Gasteiger partial charge in [-0.3, -0.25) is 0 Å². The fourth-order valence-corrected chi connectivity index (χ4v) is 2.82. The first kappa shape index (κ1) is 17.6. The molecule has 0 radical (unpaired) electrons. The summed E-state index contributed by atoms with van der Waals surface area (Å²) in [6.45, 7) is 4.36. The number of aliphatic hydroxyl groups is 1. The van der Waals surface area contributed by atoms with Gasteiger partial charge in [0.2, 0.25) is 5.82 Å². The average molecular weight is 403 g/mol. The summed E-state index contributed by atoms with van der Waals surface area (Å²) in [5, 5.41) is 22.6. The SMILES string of the molecule is Cc1ccc(C)c(OCC(O)Cn2nnc(-c3ccccc3Br)n2)c1. The van der Waals surface area contributed by atoms with Crippen LogP contribution in [-0.4, -0.2) is 38.0 Å². The molecule has 3 rings (SSSR count). The minimum absolute atomic E-state index is 0.163. The largest absolute Gasteiger partial charge is 0.491 e. The van der Waals surface area contributed by atoms with Gasteiger partial charge in [-0.05, 0) is 48.4 Å². The molecule has 1 aromatic heterocycles. The molecule has 1 heterocycles. The lowest BCUT2D eigenvalue weighted by atomic mass is 10.1. The highest BCUT2D eigenvalue weighted by Gasteiger charge is 2.13. The molecule has 0 fully saturated rings.